The molecule has 0 bridgehead atoms. The second kappa shape index (κ2) is 9.19. The Morgan fingerprint density at radius 3 is 1.83 bits per heavy atom. The Kier molecular flexibility index (Phi) is 5.93. The largest absolute Gasteiger partial charge is 0.463 e. The molecule has 7 nitrogen and oxygen atoms in total. The minimum atomic E-state index is -0.643. The van der Waals surface area contributed by atoms with Gasteiger partial charge in [0.25, 0.3) is 0 Å². The van der Waals surface area contributed by atoms with Gasteiger partial charge in [-0.1, -0.05) is 91.0 Å². The van der Waals surface area contributed by atoms with Crippen LogP contribution < -0.4 is 5.32 Å². The van der Waals surface area contributed by atoms with E-state index >= 15 is 0 Å². The van der Waals surface area contributed by atoms with Crippen LogP contribution in [0.15, 0.2) is 97.2 Å². The second-order valence-electron chi connectivity index (χ2n) is 8.48. The first-order valence-electron chi connectivity index (χ1n) is 11.4. The van der Waals surface area contributed by atoms with Gasteiger partial charge in [0, 0.05) is 13.6 Å². The number of nitrogens with one attached hydrogen (secondary N) is 1. The van der Waals surface area contributed by atoms with Crippen LogP contribution in [-0.4, -0.2) is 46.0 Å². The molecule has 35 heavy (non-hydrogen) atoms. The number of benzene rings is 3. The number of aromatic nitrogens is 2. The van der Waals surface area contributed by atoms with Gasteiger partial charge in [0.2, 0.25) is 11.7 Å². The first kappa shape index (κ1) is 22.6. The zero-order valence-electron chi connectivity index (χ0n) is 19.6. The van der Waals surface area contributed by atoms with E-state index in [-0.39, 0.29) is 17.8 Å². The maximum absolute atomic E-state index is 13.4. The Morgan fingerprint density at radius 1 is 0.886 bits per heavy atom. The number of ether oxygens (including phenoxy) is 1. The van der Waals surface area contributed by atoms with Crippen LogP contribution in [0.25, 0.3) is 0 Å². The average molecular weight is 467 g/mol. The van der Waals surface area contributed by atoms with Crippen molar-refractivity contribution in [2.24, 2.45) is 7.05 Å². The fourth-order valence-electron chi connectivity index (χ4n) is 4.79. The van der Waals surface area contributed by atoms with Gasteiger partial charge in [0.1, 0.15) is 11.9 Å². The molecule has 1 amide bonds. The van der Waals surface area contributed by atoms with Gasteiger partial charge in [-0.15, -0.1) is 0 Å². The third-order valence-corrected chi connectivity index (χ3v) is 6.53. The molecule has 0 saturated carbocycles. The standard InChI is InChI=1S/C28H26N4O3/c1-31-24(18-29-25(31)27(34)35-2)30-26(33)23-19-32(23)28(20-12-6-3-7-13-20,21-14-8-4-9-15-21)22-16-10-5-11-17-22/h3-18,23H,19H2,1-2H3,(H,30,33)/t23?,32-/m0/s1. The Labute approximate surface area is 204 Å². The second-order valence-corrected chi connectivity index (χ2v) is 8.48. The van der Waals surface area contributed by atoms with E-state index < -0.39 is 11.5 Å². The van der Waals surface area contributed by atoms with Crippen LogP contribution in [-0.2, 0) is 22.1 Å². The van der Waals surface area contributed by atoms with E-state index in [0.717, 1.165) is 16.7 Å². The normalized spacial score (nSPS) is 17.0. The number of carbonyl (C=O) groups excluding carboxylic acids is 2. The van der Waals surface area contributed by atoms with E-state index in [0.29, 0.717) is 12.4 Å². The van der Waals surface area contributed by atoms with Crippen LogP contribution in [0.1, 0.15) is 27.3 Å². The summed E-state index contributed by atoms with van der Waals surface area (Å²) in [6.07, 6.45) is 1.47. The van der Waals surface area contributed by atoms with Crippen molar-refractivity contribution in [2.45, 2.75) is 11.6 Å². The summed E-state index contributed by atoms with van der Waals surface area (Å²) >= 11 is 0. The number of hydrogen-bond donors (Lipinski definition) is 1. The summed E-state index contributed by atoms with van der Waals surface area (Å²) < 4.78 is 6.28. The summed E-state index contributed by atoms with van der Waals surface area (Å²) in [5.74, 6) is -0.150. The van der Waals surface area contributed by atoms with Crippen molar-refractivity contribution >= 4 is 17.7 Å². The molecule has 3 aromatic carbocycles. The fraction of sp³-hybridized carbons (Fsp3) is 0.179. The summed E-state index contributed by atoms with van der Waals surface area (Å²) in [5.41, 5.74) is 2.61. The summed E-state index contributed by atoms with van der Waals surface area (Å²) in [4.78, 5) is 31.6. The van der Waals surface area contributed by atoms with E-state index in [1.807, 2.05) is 54.6 Å². The van der Waals surface area contributed by atoms with Crippen molar-refractivity contribution < 1.29 is 14.3 Å². The van der Waals surface area contributed by atoms with Gasteiger partial charge in [-0.25, -0.2) is 9.78 Å². The van der Waals surface area contributed by atoms with Crippen molar-refractivity contribution in [1.82, 2.24) is 14.5 Å². The lowest BCUT2D eigenvalue weighted by Gasteiger charge is -2.38. The molecule has 0 aliphatic carbocycles. The number of rotatable bonds is 7. The number of carbonyl (C=O) groups is 2. The van der Waals surface area contributed by atoms with Crippen LogP contribution in [0, 0.1) is 0 Å². The van der Waals surface area contributed by atoms with Gasteiger partial charge in [0.05, 0.1) is 18.8 Å². The zero-order valence-corrected chi connectivity index (χ0v) is 19.6. The Bertz CT molecular complexity index is 1240. The maximum Gasteiger partial charge on any atom is 0.374 e. The van der Waals surface area contributed by atoms with Crippen molar-refractivity contribution in [3.63, 3.8) is 0 Å². The average Bonchev–Trinajstić information content (AvgIpc) is 3.63. The van der Waals surface area contributed by atoms with E-state index in [1.165, 1.54) is 17.9 Å². The van der Waals surface area contributed by atoms with E-state index in [2.05, 4.69) is 51.6 Å². The molecule has 1 aliphatic rings. The van der Waals surface area contributed by atoms with Gasteiger partial charge in [0.15, 0.2) is 0 Å². The zero-order chi connectivity index (χ0) is 24.4. The molecule has 1 saturated heterocycles. The Hall–Kier alpha value is -4.23. The molecule has 1 aliphatic heterocycles. The van der Waals surface area contributed by atoms with E-state index in [4.69, 9.17) is 4.74 Å². The first-order valence-corrected chi connectivity index (χ1v) is 11.4. The molecule has 4 aromatic rings. The molecular weight excluding hydrogens is 440 g/mol. The molecule has 0 radical (unpaired) electrons. The SMILES string of the molecule is COC(=O)c1ncc(NC(=O)C2C[N@]2C(c2ccccc2)(c2ccccc2)c2ccccc2)n1C. The van der Waals surface area contributed by atoms with Crippen LogP contribution in [0.4, 0.5) is 5.82 Å². The number of anilines is 1. The molecule has 1 unspecified atom stereocenters. The van der Waals surface area contributed by atoms with Gasteiger partial charge < -0.3 is 14.6 Å². The lowest BCUT2D eigenvalue weighted by molar-refractivity contribution is -0.116. The Balaban J connectivity index is 1.54. The van der Waals surface area contributed by atoms with Crippen LogP contribution in [0.3, 0.4) is 0 Å². The summed E-state index contributed by atoms with van der Waals surface area (Å²) in [6.45, 7) is 0.576. The highest BCUT2D eigenvalue weighted by Crippen LogP contribution is 2.48. The number of imidazole rings is 1. The topological polar surface area (TPSA) is 76.2 Å². The molecule has 1 aromatic heterocycles. The quantitative estimate of drug-likeness (QED) is 0.255. The summed E-state index contributed by atoms with van der Waals surface area (Å²) in [6, 6.07) is 30.4. The number of nitrogens with zero attached hydrogens (tertiary/aromatic N) is 3. The molecule has 1 fully saturated rings. The minimum absolute atomic E-state index is 0.127. The molecule has 2 atom stereocenters. The van der Waals surface area contributed by atoms with Crippen molar-refractivity contribution in [3.05, 3.63) is 120 Å². The molecule has 1 N–H and O–H groups in total. The highest BCUT2D eigenvalue weighted by molar-refractivity contribution is 5.97. The third kappa shape index (κ3) is 3.90. The molecular formula is C28H26N4O3. The monoisotopic (exact) mass is 466 g/mol. The summed E-state index contributed by atoms with van der Waals surface area (Å²) in [7, 11) is 2.97. The molecule has 7 heteroatoms. The maximum atomic E-state index is 13.4. The van der Waals surface area contributed by atoms with Crippen molar-refractivity contribution in [2.75, 3.05) is 19.0 Å². The smallest absolute Gasteiger partial charge is 0.374 e. The van der Waals surface area contributed by atoms with Gasteiger partial charge in [-0.3, -0.25) is 9.69 Å². The predicted octanol–water partition coefficient (Wildman–Crippen LogP) is 3.82. The van der Waals surface area contributed by atoms with Crippen molar-refractivity contribution in [1.29, 1.82) is 0 Å². The van der Waals surface area contributed by atoms with Crippen LogP contribution >= 0.6 is 0 Å². The third-order valence-electron chi connectivity index (χ3n) is 6.53. The van der Waals surface area contributed by atoms with Crippen LogP contribution in [0.5, 0.6) is 0 Å². The van der Waals surface area contributed by atoms with E-state index in [9.17, 15) is 9.59 Å². The summed E-state index contributed by atoms with van der Waals surface area (Å²) in [5, 5.41) is 2.94. The Morgan fingerprint density at radius 2 is 1.37 bits per heavy atom. The molecule has 2 heterocycles. The lowest BCUT2D eigenvalue weighted by Crippen LogP contribution is -2.40. The molecule has 176 valence electrons. The van der Waals surface area contributed by atoms with E-state index in [1.54, 1.807) is 7.05 Å². The number of methoxy groups -OCH3 is 1. The van der Waals surface area contributed by atoms with Gasteiger partial charge in [-0.2, -0.15) is 0 Å². The van der Waals surface area contributed by atoms with Crippen LogP contribution in [0.2, 0.25) is 0 Å². The number of hydrogen-bond acceptors (Lipinski definition) is 5. The number of amides is 1. The molecule has 5 rings (SSSR count). The highest BCUT2D eigenvalue weighted by atomic mass is 16.5. The predicted molar refractivity (Wildman–Crippen MR) is 133 cm³/mol. The lowest BCUT2D eigenvalue weighted by atomic mass is 9.76. The number of esters is 1. The van der Waals surface area contributed by atoms with Gasteiger partial charge in [-0.05, 0) is 16.7 Å². The first-order chi connectivity index (χ1) is 17.1. The fourth-order valence-corrected chi connectivity index (χ4v) is 4.79. The molecule has 0 spiro atoms. The van der Waals surface area contributed by atoms with Gasteiger partial charge >= 0.3 is 5.97 Å². The van der Waals surface area contributed by atoms with Crippen molar-refractivity contribution in [3.8, 4) is 0 Å². The minimum Gasteiger partial charge on any atom is -0.463 e. The highest BCUT2D eigenvalue weighted by Gasteiger charge is 2.56.